The zero-order chi connectivity index (χ0) is 18.3. The van der Waals surface area contributed by atoms with Crippen LogP contribution in [0, 0.1) is 0 Å². The molecule has 0 amide bonds. The molecular formula is C16H22O6S2. The van der Waals surface area contributed by atoms with E-state index in [1.54, 1.807) is 26.0 Å². The summed E-state index contributed by atoms with van der Waals surface area (Å²) in [5.41, 5.74) is 0.618. The van der Waals surface area contributed by atoms with Crippen LogP contribution in [0.5, 0.6) is 0 Å². The van der Waals surface area contributed by atoms with Crippen LogP contribution in [0.2, 0.25) is 0 Å². The van der Waals surface area contributed by atoms with Crippen molar-refractivity contribution in [3.8, 4) is 0 Å². The molecule has 1 aromatic rings. The lowest BCUT2D eigenvalue weighted by Gasteiger charge is -2.15. The van der Waals surface area contributed by atoms with Crippen LogP contribution in [0.1, 0.15) is 34.6 Å². The van der Waals surface area contributed by atoms with Gasteiger partial charge < -0.3 is 19.7 Å². The van der Waals surface area contributed by atoms with Gasteiger partial charge in [-0.3, -0.25) is 0 Å². The summed E-state index contributed by atoms with van der Waals surface area (Å²) in [6.45, 7) is 3.28. The Hall–Kier alpha value is -1.22. The number of rotatable bonds is 8. The number of ether oxygens (including phenoxy) is 2. The van der Waals surface area contributed by atoms with E-state index < -0.39 is 24.1 Å². The maximum atomic E-state index is 12.0. The predicted octanol–water partition coefficient (Wildman–Crippen LogP) is 2.21. The summed E-state index contributed by atoms with van der Waals surface area (Å²) >= 11 is 2.51. The first-order chi connectivity index (χ1) is 11.3. The molecule has 8 heteroatoms. The molecule has 2 atom stereocenters. The summed E-state index contributed by atoms with van der Waals surface area (Å²) in [6.07, 6.45) is -1.13. The van der Waals surface area contributed by atoms with Crippen LogP contribution in [0.25, 0.3) is 0 Å². The smallest absolute Gasteiger partial charge is 0.339 e. The largest absolute Gasteiger partial charge is 0.465 e. The summed E-state index contributed by atoms with van der Waals surface area (Å²) in [6, 6.07) is 3.13. The first kappa shape index (κ1) is 20.8. The highest BCUT2D eigenvalue weighted by molar-refractivity contribution is 7.99. The van der Waals surface area contributed by atoms with Crippen LogP contribution in [-0.4, -0.2) is 60.1 Å². The minimum absolute atomic E-state index is 0.309. The first-order valence-corrected chi connectivity index (χ1v) is 9.23. The molecule has 0 aliphatic rings. The zero-order valence-corrected chi connectivity index (χ0v) is 15.7. The normalized spacial score (nSPS) is 13.2. The standard InChI is InChI=1S/C16H22O6S2/c1-9(17)7-23-13-5-12(16(20)22-4)14(24-8-10(2)18)6-11(13)15(19)21-3/h5-6,9-10,17-18H,7-8H2,1-4H3/t9-,10-/m0/s1. The molecule has 2 N–H and O–H groups in total. The Bertz CT molecular complexity index is 534. The molecule has 0 saturated heterocycles. The van der Waals surface area contributed by atoms with Crippen LogP contribution in [0.4, 0.5) is 0 Å². The van der Waals surface area contributed by atoms with Crippen molar-refractivity contribution in [1.82, 2.24) is 0 Å². The molecule has 0 aromatic heterocycles. The van der Waals surface area contributed by atoms with Crippen molar-refractivity contribution in [2.75, 3.05) is 25.7 Å². The van der Waals surface area contributed by atoms with Gasteiger partial charge in [0, 0.05) is 21.3 Å². The molecule has 0 aliphatic heterocycles. The number of aliphatic hydroxyl groups is 2. The molecule has 0 aliphatic carbocycles. The molecule has 6 nitrogen and oxygen atoms in total. The molecule has 134 valence electrons. The zero-order valence-electron chi connectivity index (χ0n) is 14.1. The maximum Gasteiger partial charge on any atom is 0.339 e. The van der Waals surface area contributed by atoms with Crippen molar-refractivity contribution in [3.05, 3.63) is 23.3 Å². The van der Waals surface area contributed by atoms with Gasteiger partial charge in [0.15, 0.2) is 0 Å². The van der Waals surface area contributed by atoms with Crippen molar-refractivity contribution < 1.29 is 29.3 Å². The van der Waals surface area contributed by atoms with E-state index in [9.17, 15) is 19.8 Å². The van der Waals surface area contributed by atoms with E-state index in [0.717, 1.165) is 0 Å². The van der Waals surface area contributed by atoms with E-state index in [4.69, 9.17) is 9.47 Å². The lowest BCUT2D eigenvalue weighted by atomic mass is 10.1. The van der Waals surface area contributed by atoms with Crippen LogP contribution in [0.3, 0.4) is 0 Å². The van der Waals surface area contributed by atoms with Crippen LogP contribution >= 0.6 is 23.5 Å². The number of carbonyl (C=O) groups excluding carboxylic acids is 2. The fourth-order valence-corrected chi connectivity index (χ4v) is 3.60. The van der Waals surface area contributed by atoms with Crippen molar-refractivity contribution in [2.45, 2.75) is 35.8 Å². The third kappa shape index (κ3) is 6.01. The fourth-order valence-electron chi connectivity index (χ4n) is 1.76. The van der Waals surface area contributed by atoms with Crippen molar-refractivity contribution in [2.24, 2.45) is 0 Å². The van der Waals surface area contributed by atoms with Crippen molar-refractivity contribution in [1.29, 1.82) is 0 Å². The lowest BCUT2D eigenvalue weighted by Crippen LogP contribution is -2.11. The minimum Gasteiger partial charge on any atom is -0.465 e. The van der Waals surface area contributed by atoms with Crippen LogP contribution in [-0.2, 0) is 9.47 Å². The molecule has 0 fully saturated rings. The van der Waals surface area contributed by atoms with Gasteiger partial charge in [-0.05, 0) is 26.0 Å². The second-order valence-electron chi connectivity index (χ2n) is 5.15. The topological polar surface area (TPSA) is 93.1 Å². The van der Waals surface area contributed by atoms with Gasteiger partial charge in [-0.15, -0.1) is 23.5 Å². The quantitative estimate of drug-likeness (QED) is 0.528. The summed E-state index contributed by atoms with van der Waals surface area (Å²) in [7, 11) is 2.56. The molecule has 0 unspecified atom stereocenters. The molecule has 0 bridgehead atoms. The van der Waals surface area contributed by atoms with E-state index in [-0.39, 0.29) is 0 Å². The van der Waals surface area contributed by atoms with Crippen LogP contribution < -0.4 is 0 Å². The SMILES string of the molecule is COC(=O)c1cc(SC[C@H](C)O)c(C(=O)OC)cc1SC[C@H](C)O. The van der Waals surface area contributed by atoms with Gasteiger partial charge in [0.1, 0.15) is 0 Å². The van der Waals surface area contributed by atoms with Crippen LogP contribution in [0.15, 0.2) is 21.9 Å². The van der Waals surface area contributed by atoms with Gasteiger partial charge in [0.05, 0.1) is 37.6 Å². The van der Waals surface area contributed by atoms with E-state index in [0.29, 0.717) is 32.4 Å². The predicted molar refractivity (Wildman–Crippen MR) is 93.9 cm³/mol. The number of methoxy groups -OCH3 is 2. The van der Waals surface area contributed by atoms with Crippen molar-refractivity contribution >= 4 is 35.5 Å². The second-order valence-corrected chi connectivity index (χ2v) is 7.27. The van der Waals surface area contributed by atoms with Gasteiger partial charge in [-0.2, -0.15) is 0 Å². The molecule has 0 heterocycles. The molecule has 1 rings (SSSR count). The maximum absolute atomic E-state index is 12.0. The first-order valence-electron chi connectivity index (χ1n) is 7.26. The Balaban J connectivity index is 3.35. The summed E-state index contributed by atoms with van der Waals surface area (Å²) < 4.78 is 9.60. The fraction of sp³-hybridized carbons (Fsp3) is 0.500. The summed E-state index contributed by atoms with van der Waals surface area (Å²) in [5.74, 6) is -0.327. The number of esters is 2. The highest BCUT2D eigenvalue weighted by Crippen LogP contribution is 2.33. The Morgan fingerprint density at radius 3 is 1.50 bits per heavy atom. The molecular weight excluding hydrogens is 352 g/mol. The minimum atomic E-state index is -0.564. The Labute approximate surface area is 149 Å². The third-order valence-electron chi connectivity index (χ3n) is 2.85. The monoisotopic (exact) mass is 374 g/mol. The van der Waals surface area contributed by atoms with Gasteiger partial charge >= 0.3 is 11.9 Å². The molecule has 0 spiro atoms. The highest BCUT2D eigenvalue weighted by Gasteiger charge is 2.21. The lowest BCUT2D eigenvalue weighted by molar-refractivity contribution is 0.0580. The van der Waals surface area contributed by atoms with E-state index >= 15 is 0 Å². The number of hydrogen-bond acceptors (Lipinski definition) is 8. The van der Waals surface area contributed by atoms with Gasteiger partial charge in [0.2, 0.25) is 0 Å². The third-order valence-corrected chi connectivity index (χ3v) is 5.45. The second kappa shape index (κ2) is 9.93. The van der Waals surface area contributed by atoms with E-state index in [1.807, 2.05) is 0 Å². The highest BCUT2D eigenvalue weighted by atomic mass is 32.2. The Kier molecular flexibility index (Phi) is 8.61. The molecule has 0 radical (unpaired) electrons. The average molecular weight is 374 g/mol. The molecule has 0 saturated carbocycles. The number of carbonyl (C=O) groups is 2. The number of benzene rings is 1. The van der Waals surface area contributed by atoms with E-state index in [1.165, 1.54) is 37.7 Å². The summed E-state index contributed by atoms with van der Waals surface area (Å²) in [5, 5.41) is 18.9. The number of aliphatic hydroxyl groups excluding tert-OH is 2. The number of thioether (sulfide) groups is 2. The van der Waals surface area contributed by atoms with Gasteiger partial charge in [0.25, 0.3) is 0 Å². The number of hydrogen-bond donors (Lipinski definition) is 2. The summed E-state index contributed by atoms with van der Waals surface area (Å²) in [4.78, 5) is 25.2. The molecule has 24 heavy (non-hydrogen) atoms. The average Bonchev–Trinajstić information content (AvgIpc) is 2.56. The van der Waals surface area contributed by atoms with E-state index in [2.05, 4.69) is 0 Å². The molecule has 1 aromatic carbocycles. The van der Waals surface area contributed by atoms with Crippen molar-refractivity contribution in [3.63, 3.8) is 0 Å². The Morgan fingerprint density at radius 1 is 0.917 bits per heavy atom. The van der Waals surface area contributed by atoms with Gasteiger partial charge in [-0.25, -0.2) is 9.59 Å². The van der Waals surface area contributed by atoms with Gasteiger partial charge in [-0.1, -0.05) is 0 Å². The Morgan fingerprint density at radius 2 is 1.25 bits per heavy atom.